The maximum absolute atomic E-state index is 12.2. The summed E-state index contributed by atoms with van der Waals surface area (Å²) < 4.78 is 10.8. The summed E-state index contributed by atoms with van der Waals surface area (Å²) in [6, 6.07) is 14.2. The first kappa shape index (κ1) is 19.3. The van der Waals surface area contributed by atoms with Crippen LogP contribution < -0.4 is 14.8 Å². The Kier molecular flexibility index (Phi) is 7.02. The molecule has 0 saturated heterocycles. The summed E-state index contributed by atoms with van der Waals surface area (Å²) in [5.74, 6) is 0.169. The normalized spacial score (nSPS) is 10.4. The smallest absolute Gasteiger partial charge is 0.341 e. The van der Waals surface area contributed by atoms with Crippen LogP contribution in [-0.2, 0) is 4.79 Å². The van der Waals surface area contributed by atoms with Crippen molar-refractivity contribution in [1.82, 2.24) is 5.32 Å². The third-order valence-corrected chi connectivity index (χ3v) is 3.64. The van der Waals surface area contributed by atoms with Gasteiger partial charge in [0.2, 0.25) is 0 Å². The number of carboxylic acid groups (broad SMARTS) is 1. The highest BCUT2D eigenvalue weighted by molar-refractivity contribution is 5.94. The third kappa shape index (κ3) is 5.81. The number of aliphatic carboxylic acids is 1. The van der Waals surface area contributed by atoms with E-state index in [1.807, 2.05) is 24.3 Å². The Labute approximate surface area is 152 Å². The molecular formula is C20H23NO5. The number of carbonyl (C=O) groups excluding carboxylic acids is 1. The van der Waals surface area contributed by atoms with Crippen molar-refractivity contribution in [2.45, 2.75) is 19.8 Å². The Balaban J connectivity index is 1.84. The topological polar surface area (TPSA) is 84.9 Å². The fraction of sp³-hybridized carbons (Fsp3) is 0.300. The summed E-state index contributed by atoms with van der Waals surface area (Å²) in [4.78, 5) is 22.7. The van der Waals surface area contributed by atoms with Crippen LogP contribution in [0, 0.1) is 0 Å². The number of benzene rings is 2. The van der Waals surface area contributed by atoms with E-state index < -0.39 is 12.6 Å². The molecular weight excluding hydrogens is 334 g/mol. The van der Waals surface area contributed by atoms with Gasteiger partial charge in [-0.1, -0.05) is 38.1 Å². The van der Waals surface area contributed by atoms with Crippen molar-refractivity contribution >= 4 is 11.9 Å². The fourth-order valence-corrected chi connectivity index (χ4v) is 2.39. The molecule has 0 saturated carbocycles. The molecule has 138 valence electrons. The van der Waals surface area contributed by atoms with Crippen LogP contribution in [0.3, 0.4) is 0 Å². The SMILES string of the molecule is CC(C)c1ccccc1OCCNC(=O)c1cccc(OCC(=O)O)c1. The lowest BCUT2D eigenvalue weighted by atomic mass is 10.0. The molecule has 0 fully saturated rings. The van der Waals surface area contributed by atoms with E-state index >= 15 is 0 Å². The molecule has 0 aromatic heterocycles. The minimum absolute atomic E-state index is 0.272. The van der Waals surface area contributed by atoms with Gasteiger partial charge in [-0.3, -0.25) is 4.79 Å². The molecule has 0 spiro atoms. The van der Waals surface area contributed by atoms with Gasteiger partial charge in [0.1, 0.15) is 18.1 Å². The van der Waals surface area contributed by atoms with Crippen LogP contribution in [-0.4, -0.2) is 36.7 Å². The summed E-state index contributed by atoms with van der Waals surface area (Å²) in [5, 5.41) is 11.4. The van der Waals surface area contributed by atoms with Crippen LogP contribution in [0.2, 0.25) is 0 Å². The number of rotatable bonds is 9. The zero-order valence-electron chi connectivity index (χ0n) is 14.9. The number of para-hydroxylation sites is 1. The predicted octanol–water partition coefficient (Wildman–Crippen LogP) is 3.08. The number of hydrogen-bond acceptors (Lipinski definition) is 4. The molecule has 0 aliphatic heterocycles. The van der Waals surface area contributed by atoms with Crippen LogP contribution in [0.25, 0.3) is 0 Å². The second-order valence-corrected chi connectivity index (χ2v) is 6.01. The lowest BCUT2D eigenvalue weighted by Crippen LogP contribution is -2.28. The van der Waals surface area contributed by atoms with Crippen molar-refractivity contribution < 1.29 is 24.2 Å². The standard InChI is InChI=1S/C20H23NO5/c1-14(2)17-8-3-4-9-18(17)25-11-10-21-20(24)15-6-5-7-16(12-15)26-13-19(22)23/h3-9,12,14H,10-11,13H2,1-2H3,(H,21,24)(H,22,23). The molecule has 2 rings (SSSR count). The molecule has 0 radical (unpaired) electrons. The average Bonchev–Trinajstić information content (AvgIpc) is 2.63. The second-order valence-electron chi connectivity index (χ2n) is 6.01. The van der Waals surface area contributed by atoms with Crippen molar-refractivity contribution in [3.63, 3.8) is 0 Å². The van der Waals surface area contributed by atoms with E-state index in [0.717, 1.165) is 11.3 Å². The van der Waals surface area contributed by atoms with E-state index in [1.54, 1.807) is 18.2 Å². The van der Waals surface area contributed by atoms with Crippen molar-refractivity contribution in [3.05, 3.63) is 59.7 Å². The Morgan fingerprint density at radius 2 is 1.85 bits per heavy atom. The van der Waals surface area contributed by atoms with Crippen LogP contribution >= 0.6 is 0 Å². The van der Waals surface area contributed by atoms with E-state index in [4.69, 9.17) is 14.6 Å². The molecule has 0 bridgehead atoms. The summed E-state index contributed by atoms with van der Waals surface area (Å²) in [5.41, 5.74) is 1.53. The molecule has 2 aromatic carbocycles. The number of carboxylic acids is 1. The monoisotopic (exact) mass is 357 g/mol. The van der Waals surface area contributed by atoms with Crippen molar-refractivity contribution in [2.75, 3.05) is 19.8 Å². The van der Waals surface area contributed by atoms with Crippen LogP contribution in [0.5, 0.6) is 11.5 Å². The number of nitrogens with one attached hydrogen (secondary N) is 1. The molecule has 2 N–H and O–H groups in total. The molecule has 0 aliphatic carbocycles. The second kappa shape index (κ2) is 9.46. The van der Waals surface area contributed by atoms with Gasteiger partial charge >= 0.3 is 5.97 Å². The van der Waals surface area contributed by atoms with Gasteiger partial charge in [0.25, 0.3) is 5.91 Å². The zero-order valence-corrected chi connectivity index (χ0v) is 14.9. The number of carbonyl (C=O) groups is 2. The minimum atomic E-state index is -1.07. The average molecular weight is 357 g/mol. The van der Waals surface area contributed by atoms with Crippen molar-refractivity contribution in [3.8, 4) is 11.5 Å². The van der Waals surface area contributed by atoms with Gasteiger partial charge in [-0.15, -0.1) is 0 Å². The lowest BCUT2D eigenvalue weighted by molar-refractivity contribution is -0.139. The van der Waals surface area contributed by atoms with Crippen molar-refractivity contribution in [2.24, 2.45) is 0 Å². The van der Waals surface area contributed by atoms with Crippen LogP contribution in [0.15, 0.2) is 48.5 Å². The molecule has 0 unspecified atom stereocenters. The summed E-state index contributed by atoms with van der Waals surface area (Å²) >= 11 is 0. The quantitative estimate of drug-likeness (QED) is 0.674. The Hall–Kier alpha value is -3.02. The molecule has 6 heteroatoms. The molecule has 2 aromatic rings. The van der Waals surface area contributed by atoms with Gasteiger partial charge in [0, 0.05) is 5.56 Å². The highest BCUT2D eigenvalue weighted by Gasteiger charge is 2.09. The summed E-state index contributed by atoms with van der Waals surface area (Å²) in [6.07, 6.45) is 0. The minimum Gasteiger partial charge on any atom is -0.491 e. The highest BCUT2D eigenvalue weighted by Crippen LogP contribution is 2.25. The highest BCUT2D eigenvalue weighted by atomic mass is 16.5. The molecule has 0 aliphatic rings. The Morgan fingerprint density at radius 3 is 2.58 bits per heavy atom. The molecule has 0 heterocycles. The Morgan fingerprint density at radius 1 is 1.08 bits per heavy atom. The summed E-state index contributed by atoms with van der Waals surface area (Å²) in [6.45, 7) is 4.46. The van der Waals surface area contributed by atoms with Crippen LogP contribution in [0.4, 0.5) is 0 Å². The van der Waals surface area contributed by atoms with Gasteiger partial charge in [0.05, 0.1) is 6.54 Å². The maximum atomic E-state index is 12.2. The molecule has 0 atom stereocenters. The predicted molar refractivity (Wildman–Crippen MR) is 97.9 cm³/mol. The first-order chi connectivity index (χ1) is 12.5. The third-order valence-electron chi connectivity index (χ3n) is 3.64. The first-order valence-electron chi connectivity index (χ1n) is 8.42. The van der Waals surface area contributed by atoms with E-state index in [-0.39, 0.29) is 5.91 Å². The number of ether oxygens (including phenoxy) is 2. The van der Waals surface area contributed by atoms with Gasteiger partial charge in [-0.2, -0.15) is 0 Å². The number of amides is 1. The van der Waals surface area contributed by atoms with Crippen LogP contribution in [0.1, 0.15) is 35.7 Å². The lowest BCUT2D eigenvalue weighted by Gasteiger charge is -2.14. The molecule has 6 nitrogen and oxygen atoms in total. The molecule has 1 amide bonds. The van der Waals surface area contributed by atoms with Gasteiger partial charge < -0.3 is 19.9 Å². The van der Waals surface area contributed by atoms with Gasteiger partial charge in [-0.25, -0.2) is 4.79 Å². The molecule has 26 heavy (non-hydrogen) atoms. The Bertz CT molecular complexity index is 757. The van der Waals surface area contributed by atoms with E-state index in [2.05, 4.69) is 19.2 Å². The van der Waals surface area contributed by atoms with Gasteiger partial charge in [0.15, 0.2) is 6.61 Å². The largest absolute Gasteiger partial charge is 0.491 e. The maximum Gasteiger partial charge on any atom is 0.341 e. The van der Waals surface area contributed by atoms with E-state index in [1.165, 1.54) is 6.07 Å². The summed E-state index contributed by atoms with van der Waals surface area (Å²) in [7, 11) is 0. The first-order valence-corrected chi connectivity index (χ1v) is 8.42. The number of hydrogen-bond donors (Lipinski definition) is 2. The van der Waals surface area contributed by atoms with E-state index in [0.29, 0.717) is 30.4 Å². The zero-order chi connectivity index (χ0) is 18.9. The van der Waals surface area contributed by atoms with Gasteiger partial charge in [-0.05, 0) is 35.7 Å². The fourth-order valence-electron chi connectivity index (χ4n) is 2.39. The van der Waals surface area contributed by atoms with Crippen molar-refractivity contribution in [1.29, 1.82) is 0 Å². The van der Waals surface area contributed by atoms with E-state index in [9.17, 15) is 9.59 Å².